The first kappa shape index (κ1) is 25.5. The molecule has 4 rings (SSSR count). The van der Waals surface area contributed by atoms with Crippen LogP contribution in [0.4, 0.5) is 10.1 Å². The van der Waals surface area contributed by atoms with Crippen molar-refractivity contribution in [1.29, 1.82) is 0 Å². The molecule has 0 bridgehead atoms. The van der Waals surface area contributed by atoms with Crippen molar-refractivity contribution < 1.29 is 14.2 Å². The molecular formula is C24H33FIN5O2. The highest BCUT2D eigenvalue weighted by Crippen LogP contribution is 2.27. The molecule has 0 aliphatic carbocycles. The lowest BCUT2D eigenvalue weighted by Crippen LogP contribution is -2.54. The van der Waals surface area contributed by atoms with E-state index in [4.69, 9.17) is 4.74 Å². The van der Waals surface area contributed by atoms with Gasteiger partial charge in [-0.2, -0.15) is 0 Å². The van der Waals surface area contributed by atoms with E-state index in [-0.39, 0.29) is 35.8 Å². The van der Waals surface area contributed by atoms with Gasteiger partial charge >= 0.3 is 0 Å². The van der Waals surface area contributed by atoms with Crippen molar-refractivity contribution in [3.05, 3.63) is 59.9 Å². The predicted octanol–water partition coefficient (Wildman–Crippen LogP) is 2.92. The van der Waals surface area contributed by atoms with Gasteiger partial charge in [0.15, 0.2) is 5.96 Å². The van der Waals surface area contributed by atoms with Crippen LogP contribution in [0.25, 0.3) is 0 Å². The molecule has 1 atom stereocenters. The monoisotopic (exact) mass is 569 g/mol. The largest absolute Gasteiger partial charge is 0.506 e. The van der Waals surface area contributed by atoms with E-state index in [2.05, 4.69) is 25.0 Å². The number of aliphatic imine (C=N–C) groups is 1. The number of para-hydroxylation sites is 2. The summed E-state index contributed by atoms with van der Waals surface area (Å²) >= 11 is 0. The minimum absolute atomic E-state index is 0. The number of benzene rings is 2. The van der Waals surface area contributed by atoms with Crippen LogP contribution in [-0.2, 0) is 4.74 Å². The van der Waals surface area contributed by atoms with Gasteiger partial charge in [0.1, 0.15) is 11.6 Å². The average molecular weight is 569 g/mol. The maximum Gasteiger partial charge on any atom is 0.193 e. The number of anilines is 1. The van der Waals surface area contributed by atoms with Crippen molar-refractivity contribution in [2.45, 2.75) is 6.04 Å². The quantitative estimate of drug-likeness (QED) is 0.328. The topological polar surface area (TPSA) is 63.6 Å². The van der Waals surface area contributed by atoms with Gasteiger partial charge in [0.2, 0.25) is 0 Å². The molecule has 2 aromatic rings. The lowest BCUT2D eigenvalue weighted by molar-refractivity contribution is 0.0168. The van der Waals surface area contributed by atoms with Crippen LogP contribution in [0.1, 0.15) is 11.6 Å². The van der Waals surface area contributed by atoms with E-state index in [9.17, 15) is 9.50 Å². The van der Waals surface area contributed by atoms with Gasteiger partial charge in [-0.15, -0.1) is 24.0 Å². The van der Waals surface area contributed by atoms with Gasteiger partial charge in [0, 0.05) is 52.9 Å². The van der Waals surface area contributed by atoms with Crippen molar-refractivity contribution >= 4 is 35.6 Å². The maximum atomic E-state index is 13.9. The fourth-order valence-electron chi connectivity index (χ4n) is 4.47. The van der Waals surface area contributed by atoms with Crippen LogP contribution >= 0.6 is 24.0 Å². The Kier molecular flexibility index (Phi) is 9.57. The number of phenolic OH excluding ortho intramolecular Hbond substituents is 1. The number of phenols is 1. The summed E-state index contributed by atoms with van der Waals surface area (Å²) in [5.41, 5.74) is 1.83. The van der Waals surface area contributed by atoms with Crippen LogP contribution < -0.4 is 10.2 Å². The number of ether oxygens (including phenoxy) is 1. The van der Waals surface area contributed by atoms with Gasteiger partial charge < -0.3 is 25.0 Å². The van der Waals surface area contributed by atoms with Crippen molar-refractivity contribution in [2.75, 3.05) is 71.0 Å². The summed E-state index contributed by atoms with van der Waals surface area (Å²) in [4.78, 5) is 11.3. The molecule has 1 unspecified atom stereocenters. The fraction of sp³-hybridized carbons (Fsp3) is 0.458. The second kappa shape index (κ2) is 12.4. The predicted molar refractivity (Wildman–Crippen MR) is 140 cm³/mol. The standard InChI is InChI=1S/C24H32FN5O2.HI/c1-26-24(30-11-9-28(10-12-30)21-7-2-3-8-23(21)31)27-18-22(29-13-15-32-16-14-29)19-5-4-6-20(25)17-19;/h2-8,17,22,31H,9-16,18H2,1H3,(H,26,27);1H. The zero-order valence-corrected chi connectivity index (χ0v) is 21.3. The highest BCUT2D eigenvalue weighted by molar-refractivity contribution is 14.0. The molecule has 2 N–H and O–H groups in total. The zero-order valence-electron chi connectivity index (χ0n) is 19.0. The third-order valence-electron chi connectivity index (χ3n) is 6.19. The van der Waals surface area contributed by atoms with Gasteiger partial charge in [0.25, 0.3) is 0 Å². The molecular weight excluding hydrogens is 536 g/mol. The van der Waals surface area contributed by atoms with Crippen LogP contribution in [0.2, 0.25) is 0 Å². The Morgan fingerprint density at radius 2 is 1.79 bits per heavy atom. The average Bonchev–Trinajstić information content (AvgIpc) is 2.83. The van der Waals surface area contributed by atoms with Crippen LogP contribution in [0, 0.1) is 5.82 Å². The molecule has 2 heterocycles. The number of halogens is 2. The Labute approximate surface area is 212 Å². The molecule has 0 amide bonds. The number of morpholine rings is 1. The molecule has 2 aliphatic rings. The van der Waals surface area contributed by atoms with Gasteiger partial charge in [-0.1, -0.05) is 24.3 Å². The molecule has 0 radical (unpaired) electrons. The van der Waals surface area contributed by atoms with E-state index in [1.165, 1.54) is 6.07 Å². The number of rotatable bonds is 5. The van der Waals surface area contributed by atoms with Gasteiger partial charge in [0.05, 0.1) is 24.9 Å². The summed E-state index contributed by atoms with van der Waals surface area (Å²) in [5, 5.41) is 13.7. The minimum Gasteiger partial charge on any atom is -0.506 e. The summed E-state index contributed by atoms with van der Waals surface area (Å²) in [5.74, 6) is 0.939. The third-order valence-corrected chi connectivity index (χ3v) is 6.19. The number of nitrogens with zero attached hydrogens (tertiary/aromatic N) is 4. The van der Waals surface area contributed by atoms with Crippen molar-refractivity contribution in [3.63, 3.8) is 0 Å². The molecule has 2 aliphatic heterocycles. The molecule has 0 aromatic heterocycles. The Balaban J connectivity index is 0.00000306. The highest BCUT2D eigenvalue weighted by atomic mass is 127. The van der Waals surface area contributed by atoms with E-state index < -0.39 is 0 Å². The normalized spacial score (nSPS) is 18.5. The van der Waals surface area contributed by atoms with Crippen LogP contribution in [0.3, 0.4) is 0 Å². The van der Waals surface area contributed by atoms with Gasteiger partial charge in [-0.05, 0) is 29.8 Å². The molecule has 0 spiro atoms. The zero-order chi connectivity index (χ0) is 22.3. The Bertz CT molecular complexity index is 917. The van der Waals surface area contributed by atoms with Crippen LogP contribution in [0.5, 0.6) is 5.75 Å². The SMILES string of the molecule is CN=C(NCC(c1cccc(F)c1)N1CCOCC1)N1CCN(c2ccccc2O)CC1.I. The first-order valence-corrected chi connectivity index (χ1v) is 11.2. The number of guanidine groups is 1. The smallest absolute Gasteiger partial charge is 0.193 e. The molecule has 180 valence electrons. The molecule has 2 saturated heterocycles. The van der Waals surface area contributed by atoms with Gasteiger partial charge in [-0.3, -0.25) is 9.89 Å². The van der Waals surface area contributed by atoms with E-state index in [0.717, 1.165) is 56.5 Å². The van der Waals surface area contributed by atoms with E-state index in [1.54, 1.807) is 25.2 Å². The number of hydrogen-bond acceptors (Lipinski definition) is 5. The summed E-state index contributed by atoms with van der Waals surface area (Å²) < 4.78 is 19.5. The second-order valence-electron chi connectivity index (χ2n) is 8.11. The molecule has 33 heavy (non-hydrogen) atoms. The molecule has 7 nitrogen and oxygen atoms in total. The Morgan fingerprint density at radius 3 is 2.45 bits per heavy atom. The third kappa shape index (κ3) is 6.48. The number of nitrogens with one attached hydrogen (secondary N) is 1. The van der Waals surface area contributed by atoms with Crippen molar-refractivity contribution in [1.82, 2.24) is 15.1 Å². The number of aromatic hydroxyl groups is 1. The van der Waals surface area contributed by atoms with E-state index in [1.807, 2.05) is 24.3 Å². The maximum absolute atomic E-state index is 13.9. The van der Waals surface area contributed by atoms with Crippen LogP contribution in [-0.4, -0.2) is 86.9 Å². The first-order chi connectivity index (χ1) is 15.7. The Morgan fingerprint density at radius 1 is 1.06 bits per heavy atom. The van der Waals surface area contributed by atoms with Gasteiger partial charge in [-0.25, -0.2) is 4.39 Å². The molecule has 9 heteroatoms. The summed E-state index contributed by atoms with van der Waals surface area (Å²) in [6, 6.07) is 14.3. The first-order valence-electron chi connectivity index (χ1n) is 11.2. The van der Waals surface area contributed by atoms with Crippen LogP contribution in [0.15, 0.2) is 53.5 Å². The second-order valence-corrected chi connectivity index (χ2v) is 8.11. The minimum atomic E-state index is -0.217. The number of piperazine rings is 1. The highest BCUT2D eigenvalue weighted by Gasteiger charge is 2.25. The van der Waals surface area contributed by atoms with Crippen molar-refractivity contribution in [3.8, 4) is 5.75 Å². The van der Waals surface area contributed by atoms with E-state index >= 15 is 0 Å². The number of hydrogen-bond donors (Lipinski definition) is 2. The summed E-state index contributed by atoms with van der Waals surface area (Å²) in [6.45, 7) is 6.86. The van der Waals surface area contributed by atoms with E-state index in [0.29, 0.717) is 25.5 Å². The lowest BCUT2D eigenvalue weighted by atomic mass is 10.0. The summed E-state index contributed by atoms with van der Waals surface area (Å²) in [7, 11) is 1.80. The van der Waals surface area contributed by atoms with Crippen molar-refractivity contribution in [2.24, 2.45) is 4.99 Å². The fourth-order valence-corrected chi connectivity index (χ4v) is 4.47. The molecule has 2 aromatic carbocycles. The molecule has 0 saturated carbocycles. The Hall–Kier alpha value is -2.11. The molecule has 2 fully saturated rings. The summed E-state index contributed by atoms with van der Waals surface area (Å²) in [6.07, 6.45) is 0. The lowest BCUT2D eigenvalue weighted by Gasteiger charge is -2.39.